The molecule has 1 aromatic rings. The van der Waals surface area contributed by atoms with Gasteiger partial charge in [0.2, 0.25) is 0 Å². The number of nitrogens with zero attached hydrogens (tertiary/aromatic N) is 2. The van der Waals surface area contributed by atoms with Crippen molar-refractivity contribution in [3.63, 3.8) is 0 Å². The summed E-state index contributed by atoms with van der Waals surface area (Å²) in [6, 6.07) is 5.95. The van der Waals surface area contributed by atoms with Crippen LogP contribution in [0.4, 0.5) is 5.69 Å². The third-order valence-corrected chi connectivity index (χ3v) is 3.79. The van der Waals surface area contributed by atoms with E-state index in [1.54, 1.807) is 12.1 Å². The molecule has 2 rings (SSSR count). The number of non-ortho nitro benzene ring substituents is 1. The number of ketones is 1. The molecule has 0 N–H and O–H groups in total. The molecule has 1 heterocycles. The van der Waals surface area contributed by atoms with Crippen LogP contribution in [0.1, 0.15) is 37.0 Å². The van der Waals surface area contributed by atoms with Gasteiger partial charge in [0.25, 0.3) is 5.69 Å². The van der Waals surface area contributed by atoms with Crippen molar-refractivity contribution < 1.29 is 9.72 Å². The van der Waals surface area contributed by atoms with Gasteiger partial charge in [-0.3, -0.25) is 19.8 Å². The number of carbonyl (C=O) groups excluding carboxylic acids is 1. The predicted octanol–water partition coefficient (Wildman–Crippen LogP) is 2.65. The zero-order valence-corrected chi connectivity index (χ0v) is 11.3. The Morgan fingerprint density at radius 1 is 1.47 bits per heavy atom. The highest BCUT2D eigenvalue weighted by molar-refractivity contribution is 5.98. The van der Waals surface area contributed by atoms with Crippen molar-refractivity contribution in [1.82, 2.24) is 4.90 Å². The first-order valence-corrected chi connectivity index (χ1v) is 6.43. The quantitative estimate of drug-likeness (QED) is 0.475. The molecule has 0 radical (unpaired) electrons. The smallest absolute Gasteiger partial charge is 0.270 e. The van der Waals surface area contributed by atoms with Gasteiger partial charge in [0.15, 0.2) is 5.78 Å². The van der Waals surface area contributed by atoms with Crippen LogP contribution in [-0.4, -0.2) is 34.2 Å². The van der Waals surface area contributed by atoms with Crippen LogP contribution in [0.3, 0.4) is 0 Å². The maximum Gasteiger partial charge on any atom is 0.270 e. The van der Waals surface area contributed by atoms with E-state index in [1.807, 2.05) is 0 Å². The van der Waals surface area contributed by atoms with E-state index >= 15 is 0 Å². The van der Waals surface area contributed by atoms with Gasteiger partial charge in [-0.1, -0.05) is 12.1 Å². The van der Waals surface area contributed by atoms with Crippen LogP contribution in [0.25, 0.3) is 0 Å². The number of Topliss-reactive ketones (excluding diaryl/α,β-unsaturated/α-hetero) is 1. The minimum Gasteiger partial charge on any atom is -0.293 e. The largest absolute Gasteiger partial charge is 0.293 e. The second kappa shape index (κ2) is 5.09. The zero-order valence-electron chi connectivity index (χ0n) is 11.3. The average molecular weight is 262 g/mol. The van der Waals surface area contributed by atoms with Gasteiger partial charge in [-0.15, -0.1) is 0 Å². The highest BCUT2D eigenvalue weighted by atomic mass is 16.6. The molecule has 0 atom stereocenters. The van der Waals surface area contributed by atoms with Crippen molar-refractivity contribution >= 4 is 11.5 Å². The van der Waals surface area contributed by atoms with Gasteiger partial charge in [0, 0.05) is 23.2 Å². The molecule has 0 bridgehead atoms. The topological polar surface area (TPSA) is 63.5 Å². The SMILES string of the molecule is CC1(C)CCCN1CC(=O)c1cccc([N+](=O)[O-])c1. The van der Waals surface area contributed by atoms with Gasteiger partial charge >= 0.3 is 0 Å². The summed E-state index contributed by atoms with van der Waals surface area (Å²) in [5.41, 5.74) is 0.416. The summed E-state index contributed by atoms with van der Waals surface area (Å²) < 4.78 is 0. The summed E-state index contributed by atoms with van der Waals surface area (Å²) in [6.45, 7) is 5.49. The summed E-state index contributed by atoms with van der Waals surface area (Å²) in [4.78, 5) is 24.6. The monoisotopic (exact) mass is 262 g/mol. The first-order chi connectivity index (χ1) is 8.90. The predicted molar refractivity (Wildman–Crippen MR) is 72.3 cm³/mol. The zero-order chi connectivity index (χ0) is 14.0. The summed E-state index contributed by atoms with van der Waals surface area (Å²) >= 11 is 0. The third-order valence-electron chi connectivity index (χ3n) is 3.79. The number of likely N-dealkylation sites (tertiary alicyclic amines) is 1. The minimum absolute atomic E-state index is 0.0356. The van der Waals surface area contributed by atoms with E-state index in [-0.39, 0.29) is 17.0 Å². The fourth-order valence-corrected chi connectivity index (χ4v) is 2.51. The Morgan fingerprint density at radius 2 is 2.21 bits per heavy atom. The molecular weight excluding hydrogens is 244 g/mol. The number of hydrogen-bond donors (Lipinski definition) is 0. The van der Waals surface area contributed by atoms with E-state index in [9.17, 15) is 14.9 Å². The van der Waals surface area contributed by atoms with Crippen LogP contribution in [0.2, 0.25) is 0 Å². The Bertz CT molecular complexity index is 511. The van der Waals surface area contributed by atoms with Crippen LogP contribution in [0.15, 0.2) is 24.3 Å². The molecule has 1 saturated heterocycles. The van der Waals surface area contributed by atoms with Crippen LogP contribution in [0.5, 0.6) is 0 Å². The first-order valence-electron chi connectivity index (χ1n) is 6.43. The lowest BCUT2D eigenvalue weighted by Crippen LogP contribution is -2.41. The molecule has 1 aromatic carbocycles. The van der Waals surface area contributed by atoms with Crippen molar-refractivity contribution in [3.8, 4) is 0 Å². The molecule has 1 fully saturated rings. The van der Waals surface area contributed by atoms with E-state index < -0.39 is 4.92 Å². The number of benzene rings is 1. The van der Waals surface area contributed by atoms with Gasteiger partial charge in [-0.25, -0.2) is 0 Å². The summed E-state index contributed by atoms with van der Waals surface area (Å²) in [5.74, 6) is -0.0568. The highest BCUT2D eigenvalue weighted by Crippen LogP contribution is 2.28. The fraction of sp³-hybridized carbons (Fsp3) is 0.500. The Morgan fingerprint density at radius 3 is 2.79 bits per heavy atom. The Hall–Kier alpha value is -1.75. The van der Waals surface area contributed by atoms with E-state index in [1.165, 1.54) is 12.1 Å². The van der Waals surface area contributed by atoms with Crippen molar-refractivity contribution in [2.24, 2.45) is 0 Å². The number of rotatable bonds is 4. The van der Waals surface area contributed by atoms with E-state index in [4.69, 9.17) is 0 Å². The summed E-state index contributed by atoms with van der Waals surface area (Å²) in [5, 5.41) is 10.7. The van der Waals surface area contributed by atoms with Crippen molar-refractivity contribution in [2.45, 2.75) is 32.2 Å². The van der Waals surface area contributed by atoms with Crippen molar-refractivity contribution in [2.75, 3.05) is 13.1 Å². The normalized spacial score (nSPS) is 18.4. The maximum atomic E-state index is 12.2. The first kappa shape index (κ1) is 13.7. The van der Waals surface area contributed by atoms with Gasteiger partial charge in [-0.2, -0.15) is 0 Å². The number of carbonyl (C=O) groups is 1. The third kappa shape index (κ3) is 2.98. The number of nitro benzene ring substituents is 1. The van der Waals surface area contributed by atoms with Crippen LogP contribution < -0.4 is 0 Å². The van der Waals surface area contributed by atoms with Crippen LogP contribution in [0, 0.1) is 10.1 Å². The molecule has 5 heteroatoms. The lowest BCUT2D eigenvalue weighted by molar-refractivity contribution is -0.384. The lowest BCUT2D eigenvalue weighted by atomic mass is 10.0. The van der Waals surface area contributed by atoms with Gasteiger partial charge in [-0.05, 0) is 33.2 Å². The maximum absolute atomic E-state index is 12.2. The fourth-order valence-electron chi connectivity index (χ4n) is 2.51. The van der Waals surface area contributed by atoms with Crippen LogP contribution in [-0.2, 0) is 0 Å². The van der Waals surface area contributed by atoms with Gasteiger partial charge in [0.1, 0.15) is 0 Å². The second-order valence-electron chi connectivity index (χ2n) is 5.57. The molecule has 0 unspecified atom stereocenters. The minimum atomic E-state index is -0.476. The van der Waals surface area contributed by atoms with Gasteiger partial charge < -0.3 is 0 Å². The van der Waals surface area contributed by atoms with Crippen molar-refractivity contribution in [3.05, 3.63) is 39.9 Å². The highest BCUT2D eigenvalue weighted by Gasteiger charge is 2.33. The number of hydrogen-bond acceptors (Lipinski definition) is 4. The van der Waals surface area contributed by atoms with Crippen LogP contribution >= 0.6 is 0 Å². The van der Waals surface area contributed by atoms with Gasteiger partial charge in [0.05, 0.1) is 11.5 Å². The van der Waals surface area contributed by atoms with E-state index in [0.29, 0.717) is 12.1 Å². The molecule has 0 saturated carbocycles. The Labute approximate surface area is 112 Å². The summed E-state index contributed by atoms with van der Waals surface area (Å²) in [6.07, 6.45) is 2.17. The second-order valence-corrected chi connectivity index (χ2v) is 5.57. The average Bonchev–Trinajstić information content (AvgIpc) is 2.69. The molecule has 0 spiro atoms. The molecule has 0 aliphatic carbocycles. The molecule has 0 aromatic heterocycles. The lowest BCUT2D eigenvalue weighted by Gasteiger charge is -2.30. The molecular formula is C14H18N2O3. The molecule has 1 aliphatic rings. The van der Waals surface area contributed by atoms with E-state index in [0.717, 1.165) is 19.4 Å². The molecule has 19 heavy (non-hydrogen) atoms. The molecule has 5 nitrogen and oxygen atoms in total. The molecule has 102 valence electrons. The standard InChI is InChI=1S/C14H18N2O3/c1-14(2)7-4-8-15(14)10-13(17)11-5-3-6-12(9-11)16(18)19/h3,5-6,9H,4,7-8,10H2,1-2H3. The van der Waals surface area contributed by atoms with E-state index in [2.05, 4.69) is 18.7 Å². The Kier molecular flexibility index (Phi) is 3.66. The molecule has 0 amide bonds. The molecule has 1 aliphatic heterocycles. The van der Waals surface area contributed by atoms with Crippen molar-refractivity contribution in [1.29, 1.82) is 0 Å². The number of nitro groups is 1. The Balaban J connectivity index is 2.12. The summed E-state index contributed by atoms with van der Waals surface area (Å²) in [7, 11) is 0.